The zero-order chi connectivity index (χ0) is 13.1. The average molecular weight is 235 g/mol. The van der Waals surface area contributed by atoms with Crippen molar-refractivity contribution in [2.75, 3.05) is 7.11 Å². The molecule has 0 spiro atoms. The Bertz CT molecular complexity index is 421. The molecule has 1 aromatic carbocycles. The standard InChI is InChI=1S/C13H17NO3/c1-9(15)14-13(2,3)11-7-5-10(6-8-11)12(16)17-4/h5-8H,1-4H3,(H,14,15). The molecule has 1 amide bonds. The molecule has 0 heterocycles. The van der Waals surface area contributed by atoms with Crippen LogP contribution in [0.2, 0.25) is 0 Å². The van der Waals surface area contributed by atoms with Crippen molar-refractivity contribution in [1.82, 2.24) is 5.32 Å². The lowest BCUT2D eigenvalue weighted by Gasteiger charge is -2.26. The summed E-state index contributed by atoms with van der Waals surface area (Å²) in [7, 11) is 1.34. The molecule has 0 saturated heterocycles. The Kier molecular flexibility index (Phi) is 3.89. The minimum Gasteiger partial charge on any atom is -0.465 e. The first-order valence-corrected chi connectivity index (χ1v) is 5.34. The van der Waals surface area contributed by atoms with Gasteiger partial charge in [0.15, 0.2) is 0 Å². The Balaban J connectivity index is 2.94. The van der Waals surface area contributed by atoms with Gasteiger partial charge in [-0.05, 0) is 31.5 Å². The first-order chi connectivity index (χ1) is 7.86. The van der Waals surface area contributed by atoms with Gasteiger partial charge in [0, 0.05) is 6.92 Å². The van der Waals surface area contributed by atoms with E-state index in [1.165, 1.54) is 14.0 Å². The van der Waals surface area contributed by atoms with Crippen molar-refractivity contribution in [3.8, 4) is 0 Å². The molecular weight excluding hydrogens is 218 g/mol. The van der Waals surface area contributed by atoms with Crippen molar-refractivity contribution in [2.24, 2.45) is 0 Å². The van der Waals surface area contributed by atoms with E-state index in [2.05, 4.69) is 10.1 Å². The number of methoxy groups -OCH3 is 1. The highest BCUT2D eigenvalue weighted by molar-refractivity contribution is 5.89. The topological polar surface area (TPSA) is 55.4 Å². The molecule has 1 rings (SSSR count). The van der Waals surface area contributed by atoms with E-state index in [1.54, 1.807) is 12.1 Å². The Labute approximate surface area is 101 Å². The van der Waals surface area contributed by atoms with Gasteiger partial charge in [-0.15, -0.1) is 0 Å². The highest BCUT2D eigenvalue weighted by atomic mass is 16.5. The Morgan fingerprint density at radius 1 is 1.18 bits per heavy atom. The quantitative estimate of drug-likeness (QED) is 0.813. The van der Waals surface area contributed by atoms with Gasteiger partial charge < -0.3 is 10.1 Å². The fourth-order valence-electron chi connectivity index (χ4n) is 1.65. The van der Waals surface area contributed by atoms with Crippen molar-refractivity contribution in [2.45, 2.75) is 26.3 Å². The van der Waals surface area contributed by atoms with Gasteiger partial charge in [-0.2, -0.15) is 0 Å². The molecule has 17 heavy (non-hydrogen) atoms. The minimum absolute atomic E-state index is 0.0907. The van der Waals surface area contributed by atoms with E-state index < -0.39 is 5.54 Å². The number of carbonyl (C=O) groups excluding carboxylic acids is 2. The molecule has 0 saturated carbocycles. The molecule has 0 aromatic heterocycles. The summed E-state index contributed by atoms with van der Waals surface area (Å²) in [6.07, 6.45) is 0. The third kappa shape index (κ3) is 3.31. The lowest BCUT2D eigenvalue weighted by atomic mass is 9.93. The lowest BCUT2D eigenvalue weighted by molar-refractivity contribution is -0.120. The fourth-order valence-corrected chi connectivity index (χ4v) is 1.65. The van der Waals surface area contributed by atoms with Gasteiger partial charge in [0.05, 0.1) is 18.2 Å². The van der Waals surface area contributed by atoms with Crippen LogP contribution in [0.3, 0.4) is 0 Å². The molecule has 0 bridgehead atoms. The largest absolute Gasteiger partial charge is 0.465 e. The van der Waals surface area contributed by atoms with Crippen molar-refractivity contribution in [1.29, 1.82) is 0 Å². The first kappa shape index (κ1) is 13.2. The average Bonchev–Trinajstić information content (AvgIpc) is 2.26. The summed E-state index contributed by atoms with van der Waals surface area (Å²) in [5, 5.41) is 2.84. The van der Waals surface area contributed by atoms with Crippen molar-refractivity contribution < 1.29 is 14.3 Å². The van der Waals surface area contributed by atoms with Gasteiger partial charge in [-0.25, -0.2) is 4.79 Å². The molecule has 92 valence electrons. The number of benzene rings is 1. The van der Waals surface area contributed by atoms with Crippen LogP contribution in [-0.2, 0) is 15.1 Å². The van der Waals surface area contributed by atoms with Crippen LogP contribution in [0.5, 0.6) is 0 Å². The summed E-state index contributed by atoms with van der Waals surface area (Å²) >= 11 is 0. The molecule has 0 aliphatic rings. The summed E-state index contributed by atoms with van der Waals surface area (Å²) < 4.78 is 4.62. The summed E-state index contributed by atoms with van der Waals surface area (Å²) in [4.78, 5) is 22.3. The maximum Gasteiger partial charge on any atom is 0.337 e. The van der Waals surface area contributed by atoms with Gasteiger partial charge in [0.1, 0.15) is 0 Å². The monoisotopic (exact) mass is 235 g/mol. The summed E-state index contributed by atoms with van der Waals surface area (Å²) in [6, 6.07) is 6.99. The second-order valence-corrected chi connectivity index (χ2v) is 4.38. The molecule has 0 aliphatic heterocycles. The zero-order valence-electron chi connectivity index (χ0n) is 10.5. The van der Waals surface area contributed by atoms with Gasteiger partial charge in [0.2, 0.25) is 5.91 Å². The van der Waals surface area contributed by atoms with E-state index in [-0.39, 0.29) is 11.9 Å². The third-order valence-corrected chi connectivity index (χ3v) is 2.52. The van der Waals surface area contributed by atoms with Gasteiger partial charge >= 0.3 is 5.97 Å². The molecule has 1 aromatic rings. The molecule has 0 unspecified atom stereocenters. The number of esters is 1. The van der Waals surface area contributed by atoms with Crippen molar-refractivity contribution >= 4 is 11.9 Å². The molecule has 4 heteroatoms. The number of carbonyl (C=O) groups is 2. The van der Waals surface area contributed by atoms with Crippen molar-refractivity contribution in [3.05, 3.63) is 35.4 Å². The molecule has 0 fully saturated rings. The van der Waals surface area contributed by atoms with E-state index in [1.807, 2.05) is 26.0 Å². The van der Waals surface area contributed by atoms with Crippen LogP contribution in [0, 0.1) is 0 Å². The molecule has 4 nitrogen and oxygen atoms in total. The van der Waals surface area contributed by atoms with Gasteiger partial charge in [-0.3, -0.25) is 4.79 Å². The van der Waals surface area contributed by atoms with Crippen LogP contribution in [0.1, 0.15) is 36.7 Å². The summed E-state index contributed by atoms with van der Waals surface area (Å²) in [5.74, 6) is -0.457. The highest BCUT2D eigenvalue weighted by Gasteiger charge is 2.21. The number of hydrogen-bond donors (Lipinski definition) is 1. The molecular formula is C13H17NO3. The fraction of sp³-hybridized carbons (Fsp3) is 0.385. The van der Waals surface area contributed by atoms with Crippen molar-refractivity contribution in [3.63, 3.8) is 0 Å². The van der Waals surface area contributed by atoms with Crippen LogP contribution in [0.4, 0.5) is 0 Å². The van der Waals surface area contributed by atoms with Crippen LogP contribution in [0.15, 0.2) is 24.3 Å². The van der Waals surface area contributed by atoms with Gasteiger partial charge in [0.25, 0.3) is 0 Å². The molecule has 1 N–H and O–H groups in total. The maximum atomic E-state index is 11.3. The van der Waals surface area contributed by atoms with Crippen LogP contribution < -0.4 is 5.32 Å². The van der Waals surface area contributed by atoms with Crippen LogP contribution in [-0.4, -0.2) is 19.0 Å². The third-order valence-electron chi connectivity index (χ3n) is 2.52. The number of ether oxygens (including phenoxy) is 1. The van der Waals surface area contributed by atoms with E-state index in [9.17, 15) is 9.59 Å². The minimum atomic E-state index is -0.458. The number of rotatable bonds is 3. The van der Waals surface area contributed by atoms with E-state index in [0.717, 1.165) is 5.56 Å². The maximum absolute atomic E-state index is 11.3. The van der Waals surface area contributed by atoms with Gasteiger partial charge in [-0.1, -0.05) is 12.1 Å². The molecule has 0 radical (unpaired) electrons. The summed E-state index contributed by atoms with van der Waals surface area (Å²) in [5.41, 5.74) is 0.968. The number of amides is 1. The predicted octanol–water partition coefficient (Wildman–Crippen LogP) is 1.84. The zero-order valence-corrected chi connectivity index (χ0v) is 10.5. The Hall–Kier alpha value is -1.84. The van der Waals surface area contributed by atoms with E-state index in [0.29, 0.717) is 5.56 Å². The first-order valence-electron chi connectivity index (χ1n) is 5.34. The number of nitrogens with one attached hydrogen (secondary N) is 1. The normalized spacial score (nSPS) is 10.8. The SMILES string of the molecule is COC(=O)c1ccc(C(C)(C)NC(C)=O)cc1. The van der Waals surface area contributed by atoms with Crippen LogP contribution >= 0.6 is 0 Å². The summed E-state index contributed by atoms with van der Waals surface area (Å²) in [6.45, 7) is 5.29. The number of hydrogen-bond acceptors (Lipinski definition) is 3. The Morgan fingerprint density at radius 3 is 2.12 bits per heavy atom. The molecule has 0 atom stereocenters. The van der Waals surface area contributed by atoms with E-state index >= 15 is 0 Å². The smallest absolute Gasteiger partial charge is 0.337 e. The highest BCUT2D eigenvalue weighted by Crippen LogP contribution is 2.20. The second kappa shape index (κ2) is 4.99. The second-order valence-electron chi connectivity index (χ2n) is 4.38. The Morgan fingerprint density at radius 2 is 1.71 bits per heavy atom. The van der Waals surface area contributed by atoms with Crippen LogP contribution in [0.25, 0.3) is 0 Å². The predicted molar refractivity (Wildman–Crippen MR) is 64.6 cm³/mol. The lowest BCUT2D eigenvalue weighted by Crippen LogP contribution is -2.39. The van der Waals surface area contributed by atoms with E-state index in [4.69, 9.17) is 0 Å². The molecule has 0 aliphatic carbocycles.